The Morgan fingerprint density at radius 2 is 1.03 bits per heavy atom. The van der Waals surface area contributed by atoms with Crippen molar-refractivity contribution in [3.05, 3.63) is 72.1 Å². The van der Waals surface area contributed by atoms with Crippen LogP contribution in [0.1, 0.15) is 42.8 Å². The smallest absolute Gasteiger partial charge is 0.0998 e. The van der Waals surface area contributed by atoms with Crippen molar-refractivity contribution in [2.45, 2.75) is 31.1 Å². The third-order valence-corrected chi connectivity index (χ3v) is 5.81. The first-order valence-electron chi connectivity index (χ1n) is 9.64. The van der Waals surface area contributed by atoms with E-state index in [-0.39, 0.29) is 5.92 Å². The predicted molar refractivity (Wildman–Crippen MR) is 108 cm³/mol. The molecule has 0 aromatic carbocycles. The Morgan fingerprint density at radius 1 is 0.667 bits per heavy atom. The maximum Gasteiger partial charge on any atom is 0.0998 e. The minimum Gasteiger partial charge on any atom is -0.303 e. The monoisotopic (exact) mass is 408 g/mol. The van der Waals surface area contributed by atoms with Crippen LogP contribution in [0.25, 0.3) is 0 Å². The number of nitrogens with two attached hydrogens (primary N) is 3. The summed E-state index contributed by atoms with van der Waals surface area (Å²) in [6.07, 6.45) is 9.66. The molecule has 3 heterocycles. The first-order chi connectivity index (χ1) is 14.8. The van der Waals surface area contributed by atoms with Gasteiger partial charge >= 0.3 is 0 Å². The minimum absolute atomic E-state index is 0.211. The Hall–Kier alpha value is -3.96. The molecule has 0 atom stereocenters. The van der Waals surface area contributed by atoms with Crippen LogP contribution in [0.4, 0.5) is 0 Å². The van der Waals surface area contributed by atoms with Crippen LogP contribution >= 0.6 is 0 Å². The molecule has 3 aromatic rings. The lowest BCUT2D eigenvalue weighted by molar-refractivity contribution is 0.329. The summed E-state index contributed by atoms with van der Waals surface area (Å²) in [6.45, 7) is 0. The molecule has 0 bridgehead atoms. The fraction of sp³-hybridized carbons (Fsp3) is 0.333. The van der Waals surface area contributed by atoms with Crippen LogP contribution in [0.5, 0.6) is 0 Å². The van der Waals surface area contributed by atoms with Gasteiger partial charge in [0.15, 0.2) is 0 Å². The second-order valence-corrected chi connectivity index (χ2v) is 7.12. The van der Waals surface area contributed by atoms with Crippen molar-refractivity contribution in [3.8, 4) is 0 Å². The fourth-order valence-corrected chi connectivity index (χ4v) is 4.83. The molecule has 3 aromatic heterocycles. The molecule has 1 aliphatic carbocycles. The van der Waals surface area contributed by atoms with Crippen LogP contribution in [-0.2, 0) is 5.41 Å². The summed E-state index contributed by atoms with van der Waals surface area (Å²) < 4.78 is 5.02. The van der Waals surface area contributed by atoms with E-state index in [9.17, 15) is 0 Å². The first kappa shape index (κ1) is 19.4. The van der Waals surface area contributed by atoms with E-state index in [1.165, 1.54) is 0 Å². The highest BCUT2D eigenvalue weighted by molar-refractivity contribution is 5.46. The standard InChI is InChI=1S/C18H24N12/c19-22-25-28-11-3-8-15(28)18(14-6-1-2-7-14,16-9-4-12-29(16)26-23-20)17-10-5-13-30(17)27-24-21/h3-5,8-14H,1-2,6-7H2,(H2,19,25)(H2,20,26)(H2,21,27). The van der Waals surface area contributed by atoms with Gasteiger partial charge in [-0.1, -0.05) is 28.5 Å². The number of hydrogen-bond donors (Lipinski definition) is 3. The highest BCUT2D eigenvalue weighted by Gasteiger charge is 2.50. The predicted octanol–water partition coefficient (Wildman–Crippen LogP) is 2.88. The van der Waals surface area contributed by atoms with Gasteiger partial charge in [0.1, 0.15) is 0 Å². The molecule has 6 N–H and O–H groups in total. The molecule has 0 amide bonds. The summed E-state index contributed by atoms with van der Waals surface area (Å²) in [5, 5.41) is 22.9. The van der Waals surface area contributed by atoms with E-state index in [1.54, 1.807) is 14.0 Å². The molecule has 12 nitrogen and oxygen atoms in total. The van der Waals surface area contributed by atoms with E-state index in [1.807, 2.05) is 55.0 Å². The van der Waals surface area contributed by atoms with Gasteiger partial charge in [-0.15, -0.1) is 0 Å². The summed E-state index contributed by atoms with van der Waals surface area (Å²) in [5.41, 5.74) is 1.87. The molecule has 1 fully saturated rings. The normalized spacial score (nSPS) is 16.0. The zero-order chi connectivity index (χ0) is 21.0. The van der Waals surface area contributed by atoms with E-state index < -0.39 is 5.41 Å². The maximum absolute atomic E-state index is 5.40. The summed E-state index contributed by atoms with van der Waals surface area (Å²) in [6, 6.07) is 11.7. The second kappa shape index (κ2) is 8.19. The van der Waals surface area contributed by atoms with Gasteiger partial charge in [-0.05, 0) is 70.8 Å². The third kappa shape index (κ3) is 2.93. The van der Waals surface area contributed by atoms with E-state index in [4.69, 9.17) is 17.5 Å². The van der Waals surface area contributed by atoms with E-state index in [0.29, 0.717) is 0 Å². The lowest BCUT2D eigenvalue weighted by atomic mass is 9.67. The van der Waals surface area contributed by atoms with Crippen molar-refractivity contribution in [2.24, 2.45) is 54.8 Å². The molecule has 1 saturated carbocycles. The fourth-order valence-electron chi connectivity index (χ4n) is 4.83. The SMILES string of the molecule is N/N=N/n1cccc1C(c1cccn1/N=N/N)(c1cccn1/N=N/N)C1CCCC1. The number of nitrogens with zero attached hydrogens (tertiary/aromatic N) is 9. The maximum atomic E-state index is 5.40. The van der Waals surface area contributed by atoms with Crippen molar-refractivity contribution < 1.29 is 0 Å². The van der Waals surface area contributed by atoms with Crippen LogP contribution in [0, 0.1) is 5.92 Å². The van der Waals surface area contributed by atoms with Crippen LogP contribution < -0.4 is 17.5 Å². The molecule has 0 unspecified atom stereocenters. The van der Waals surface area contributed by atoms with Gasteiger partial charge < -0.3 is 17.5 Å². The topological polar surface area (TPSA) is 167 Å². The Bertz CT molecular complexity index is 940. The van der Waals surface area contributed by atoms with Crippen molar-refractivity contribution in [3.63, 3.8) is 0 Å². The zero-order valence-electron chi connectivity index (χ0n) is 16.4. The Kier molecular flexibility index (Phi) is 5.28. The van der Waals surface area contributed by atoms with Gasteiger partial charge in [0, 0.05) is 18.6 Å². The van der Waals surface area contributed by atoms with Gasteiger partial charge in [-0.25, -0.2) is 14.0 Å². The van der Waals surface area contributed by atoms with Gasteiger partial charge in [-0.3, -0.25) is 0 Å². The molecule has 0 saturated heterocycles. The quantitative estimate of drug-likeness (QED) is 0.311. The molecular weight excluding hydrogens is 384 g/mol. The van der Waals surface area contributed by atoms with E-state index in [2.05, 4.69) is 31.3 Å². The highest BCUT2D eigenvalue weighted by Crippen LogP contribution is 2.51. The Labute approximate surface area is 172 Å². The van der Waals surface area contributed by atoms with Crippen LogP contribution in [0.3, 0.4) is 0 Å². The van der Waals surface area contributed by atoms with Gasteiger partial charge in [0.25, 0.3) is 0 Å². The van der Waals surface area contributed by atoms with E-state index >= 15 is 0 Å². The molecule has 30 heavy (non-hydrogen) atoms. The molecule has 0 aliphatic heterocycles. The molecule has 0 spiro atoms. The minimum atomic E-state index is -0.719. The van der Waals surface area contributed by atoms with Crippen molar-refractivity contribution in [2.75, 3.05) is 0 Å². The summed E-state index contributed by atoms with van der Waals surface area (Å²) in [7, 11) is 0. The summed E-state index contributed by atoms with van der Waals surface area (Å²) in [4.78, 5) is 0. The molecule has 0 radical (unpaired) electrons. The van der Waals surface area contributed by atoms with Crippen LogP contribution in [-0.4, -0.2) is 14.0 Å². The van der Waals surface area contributed by atoms with Crippen molar-refractivity contribution >= 4 is 0 Å². The molecular formula is C18H24N12. The van der Waals surface area contributed by atoms with Crippen molar-refractivity contribution in [1.29, 1.82) is 0 Å². The van der Waals surface area contributed by atoms with Gasteiger partial charge in [-0.2, -0.15) is 0 Å². The second-order valence-electron chi connectivity index (χ2n) is 7.12. The molecule has 156 valence electrons. The summed E-state index contributed by atoms with van der Waals surface area (Å²) in [5.74, 6) is 16.4. The van der Waals surface area contributed by atoms with Crippen LogP contribution in [0.2, 0.25) is 0 Å². The average Bonchev–Trinajstić information content (AvgIpc) is 3.53. The Morgan fingerprint density at radius 3 is 1.37 bits per heavy atom. The largest absolute Gasteiger partial charge is 0.303 e. The summed E-state index contributed by atoms with van der Waals surface area (Å²) >= 11 is 0. The molecule has 1 aliphatic rings. The van der Waals surface area contributed by atoms with E-state index in [0.717, 1.165) is 42.8 Å². The Balaban J connectivity index is 2.12. The lowest BCUT2D eigenvalue weighted by Crippen LogP contribution is -2.41. The number of hydrogen-bond acceptors (Lipinski definition) is 6. The molecule has 4 rings (SSSR count). The lowest BCUT2D eigenvalue weighted by Gasteiger charge is -2.39. The highest BCUT2D eigenvalue weighted by atomic mass is 15.6. The zero-order valence-corrected chi connectivity index (χ0v) is 16.4. The third-order valence-electron chi connectivity index (χ3n) is 5.81. The van der Waals surface area contributed by atoms with Crippen LogP contribution in [0.15, 0.2) is 86.3 Å². The van der Waals surface area contributed by atoms with Gasteiger partial charge in [0.2, 0.25) is 0 Å². The van der Waals surface area contributed by atoms with Crippen molar-refractivity contribution in [1.82, 2.24) is 14.0 Å². The number of rotatable bonds is 7. The first-order valence-corrected chi connectivity index (χ1v) is 9.64. The molecule has 12 heteroatoms. The average molecular weight is 408 g/mol. The van der Waals surface area contributed by atoms with Gasteiger partial charge in [0.05, 0.1) is 22.5 Å². The number of aromatic nitrogens is 3.